The van der Waals surface area contributed by atoms with Crippen molar-refractivity contribution in [3.8, 4) is 0 Å². The molecule has 2 rings (SSSR count). The summed E-state index contributed by atoms with van der Waals surface area (Å²) in [6.07, 6.45) is 3.51. The van der Waals surface area contributed by atoms with Crippen molar-refractivity contribution in [2.45, 2.75) is 25.7 Å². The molecule has 1 aromatic rings. The highest BCUT2D eigenvalue weighted by molar-refractivity contribution is 6.35. The molecule has 0 aliphatic heterocycles. The zero-order valence-corrected chi connectivity index (χ0v) is 9.40. The smallest absolute Gasteiger partial charge is 0.339 e. The monoisotopic (exact) mass is 245 g/mol. The van der Waals surface area contributed by atoms with Crippen LogP contribution in [0.15, 0.2) is 0 Å². The van der Waals surface area contributed by atoms with Crippen molar-refractivity contribution in [2.75, 3.05) is 0 Å². The number of carbonyl (C=O) groups is 1. The number of fused-ring (bicyclic) bond motifs is 1. The van der Waals surface area contributed by atoms with Crippen LogP contribution in [0, 0.1) is 0 Å². The fourth-order valence-electron chi connectivity index (χ4n) is 1.96. The van der Waals surface area contributed by atoms with Crippen LogP contribution >= 0.6 is 23.2 Å². The van der Waals surface area contributed by atoms with E-state index in [1.807, 2.05) is 0 Å². The third-order valence-corrected chi connectivity index (χ3v) is 3.22. The Morgan fingerprint density at radius 1 is 1.13 bits per heavy atom. The first-order valence-electron chi connectivity index (χ1n) is 4.71. The van der Waals surface area contributed by atoms with E-state index in [0.717, 1.165) is 36.8 Å². The highest BCUT2D eigenvalue weighted by Gasteiger charge is 2.24. The molecule has 1 heterocycles. The molecule has 0 saturated carbocycles. The minimum Gasteiger partial charge on any atom is -0.478 e. The van der Waals surface area contributed by atoms with E-state index in [-0.39, 0.29) is 10.7 Å². The number of pyridine rings is 1. The van der Waals surface area contributed by atoms with E-state index < -0.39 is 5.97 Å². The molecule has 1 aromatic heterocycles. The van der Waals surface area contributed by atoms with Crippen molar-refractivity contribution >= 4 is 29.2 Å². The van der Waals surface area contributed by atoms with Gasteiger partial charge in [0.25, 0.3) is 0 Å². The van der Waals surface area contributed by atoms with Gasteiger partial charge < -0.3 is 5.11 Å². The van der Waals surface area contributed by atoms with Crippen LogP contribution in [0.1, 0.15) is 34.3 Å². The Morgan fingerprint density at radius 3 is 2.33 bits per heavy atom. The van der Waals surface area contributed by atoms with Gasteiger partial charge >= 0.3 is 5.97 Å². The molecule has 0 saturated heterocycles. The number of halogens is 2. The quantitative estimate of drug-likeness (QED) is 0.775. The molecule has 1 aliphatic carbocycles. The SMILES string of the molecule is O=C(O)c1c(Cl)nc(Cl)c2c1CCCC2. The number of rotatable bonds is 1. The molecule has 0 atom stereocenters. The molecule has 0 fully saturated rings. The van der Waals surface area contributed by atoms with Gasteiger partial charge in [0, 0.05) is 0 Å². The van der Waals surface area contributed by atoms with Crippen LogP contribution < -0.4 is 0 Å². The normalized spacial score (nSPS) is 14.8. The molecule has 0 bridgehead atoms. The summed E-state index contributed by atoms with van der Waals surface area (Å²) in [7, 11) is 0. The minimum atomic E-state index is -1.03. The number of aromatic nitrogens is 1. The summed E-state index contributed by atoms with van der Waals surface area (Å²) in [5.74, 6) is -1.03. The molecule has 0 amide bonds. The van der Waals surface area contributed by atoms with Gasteiger partial charge in [-0.25, -0.2) is 9.78 Å². The van der Waals surface area contributed by atoms with Gasteiger partial charge in [-0.1, -0.05) is 23.2 Å². The fourth-order valence-corrected chi connectivity index (χ4v) is 2.58. The lowest BCUT2D eigenvalue weighted by molar-refractivity contribution is 0.0695. The maximum absolute atomic E-state index is 11.0. The number of hydrogen-bond donors (Lipinski definition) is 1. The van der Waals surface area contributed by atoms with Gasteiger partial charge in [-0.15, -0.1) is 0 Å². The number of carboxylic acid groups (broad SMARTS) is 1. The molecule has 1 N–H and O–H groups in total. The molecule has 5 heteroatoms. The highest BCUT2D eigenvalue weighted by Crippen LogP contribution is 2.32. The molecule has 0 spiro atoms. The number of carboxylic acids is 1. The lowest BCUT2D eigenvalue weighted by Crippen LogP contribution is -2.13. The molecule has 15 heavy (non-hydrogen) atoms. The first kappa shape index (κ1) is 10.7. The molecule has 1 aliphatic rings. The van der Waals surface area contributed by atoms with Gasteiger partial charge in [-0.3, -0.25) is 0 Å². The summed E-state index contributed by atoms with van der Waals surface area (Å²) in [6, 6.07) is 0. The minimum absolute atomic E-state index is 0.00634. The van der Waals surface area contributed by atoms with Crippen molar-refractivity contribution < 1.29 is 9.90 Å². The standard InChI is InChI=1S/C10H9Cl2NO2/c11-8-6-4-2-1-3-5(6)7(10(14)15)9(12)13-8/h1-4H2,(H,14,15). The zero-order valence-electron chi connectivity index (χ0n) is 7.89. The van der Waals surface area contributed by atoms with Crippen molar-refractivity contribution in [1.29, 1.82) is 0 Å². The topological polar surface area (TPSA) is 50.2 Å². The maximum Gasteiger partial charge on any atom is 0.339 e. The second-order valence-corrected chi connectivity index (χ2v) is 4.25. The van der Waals surface area contributed by atoms with Crippen molar-refractivity contribution in [3.63, 3.8) is 0 Å². The fraction of sp³-hybridized carbons (Fsp3) is 0.400. The lowest BCUT2D eigenvalue weighted by Gasteiger charge is -2.19. The Morgan fingerprint density at radius 2 is 1.73 bits per heavy atom. The van der Waals surface area contributed by atoms with E-state index in [4.69, 9.17) is 28.3 Å². The summed E-state index contributed by atoms with van der Waals surface area (Å²) < 4.78 is 0. The Bertz CT molecular complexity index is 432. The summed E-state index contributed by atoms with van der Waals surface area (Å²) in [5.41, 5.74) is 1.74. The van der Waals surface area contributed by atoms with E-state index in [0.29, 0.717) is 5.15 Å². The molecule has 3 nitrogen and oxygen atoms in total. The van der Waals surface area contributed by atoms with Gasteiger partial charge in [-0.05, 0) is 36.8 Å². The average molecular weight is 246 g/mol. The van der Waals surface area contributed by atoms with Crippen LogP contribution in [-0.4, -0.2) is 16.1 Å². The number of hydrogen-bond acceptors (Lipinski definition) is 2. The maximum atomic E-state index is 11.0. The van der Waals surface area contributed by atoms with Crippen LogP contribution in [0.3, 0.4) is 0 Å². The van der Waals surface area contributed by atoms with Crippen LogP contribution in [0.4, 0.5) is 0 Å². The summed E-state index contributed by atoms with van der Waals surface area (Å²) in [6.45, 7) is 0. The molecule has 0 unspecified atom stereocenters. The first-order valence-corrected chi connectivity index (χ1v) is 5.47. The first-order chi connectivity index (χ1) is 7.11. The average Bonchev–Trinajstić information content (AvgIpc) is 2.17. The zero-order chi connectivity index (χ0) is 11.0. The van der Waals surface area contributed by atoms with E-state index in [9.17, 15) is 4.79 Å². The van der Waals surface area contributed by atoms with E-state index in [1.165, 1.54) is 0 Å². The lowest BCUT2D eigenvalue weighted by atomic mass is 9.90. The Balaban J connectivity index is 2.68. The van der Waals surface area contributed by atoms with Crippen LogP contribution in [-0.2, 0) is 12.8 Å². The van der Waals surface area contributed by atoms with Crippen LogP contribution in [0.25, 0.3) is 0 Å². The highest BCUT2D eigenvalue weighted by atomic mass is 35.5. The Labute approximate surface area is 97.0 Å². The second kappa shape index (κ2) is 3.99. The largest absolute Gasteiger partial charge is 0.478 e. The molecule has 80 valence electrons. The van der Waals surface area contributed by atoms with Crippen LogP contribution in [0.2, 0.25) is 10.3 Å². The van der Waals surface area contributed by atoms with Crippen molar-refractivity contribution in [3.05, 3.63) is 27.0 Å². The second-order valence-electron chi connectivity index (χ2n) is 3.54. The number of nitrogens with zero attached hydrogens (tertiary/aromatic N) is 1. The summed E-state index contributed by atoms with van der Waals surface area (Å²) in [4.78, 5) is 14.9. The van der Waals surface area contributed by atoms with E-state index >= 15 is 0 Å². The van der Waals surface area contributed by atoms with Gasteiger partial charge in [0.2, 0.25) is 0 Å². The van der Waals surface area contributed by atoms with Crippen LogP contribution in [0.5, 0.6) is 0 Å². The number of aromatic carboxylic acids is 1. The predicted octanol–water partition coefficient (Wildman–Crippen LogP) is 2.97. The van der Waals surface area contributed by atoms with Gasteiger partial charge in [0.05, 0.1) is 0 Å². The van der Waals surface area contributed by atoms with E-state index in [1.54, 1.807) is 0 Å². The summed E-state index contributed by atoms with van der Waals surface area (Å²) in [5, 5.41) is 9.39. The van der Waals surface area contributed by atoms with Gasteiger partial charge in [0.1, 0.15) is 15.9 Å². The molecular formula is C10H9Cl2NO2. The van der Waals surface area contributed by atoms with E-state index in [2.05, 4.69) is 4.98 Å². The van der Waals surface area contributed by atoms with Crippen molar-refractivity contribution in [2.24, 2.45) is 0 Å². The summed E-state index contributed by atoms with van der Waals surface area (Å²) >= 11 is 11.7. The molecular weight excluding hydrogens is 237 g/mol. The Kier molecular flexibility index (Phi) is 2.85. The third-order valence-electron chi connectivity index (χ3n) is 2.64. The third kappa shape index (κ3) is 1.82. The Hall–Kier alpha value is -0.800. The molecule has 0 aromatic carbocycles. The van der Waals surface area contributed by atoms with Gasteiger partial charge in [0.15, 0.2) is 0 Å². The predicted molar refractivity (Wildman–Crippen MR) is 57.9 cm³/mol. The van der Waals surface area contributed by atoms with Gasteiger partial charge in [-0.2, -0.15) is 0 Å². The van der Waals surface area contributed by atoms with Crippen molar-refractivity contribution in [1.82, 2.24) is 4.98 Å². The molecule has 0 radical (unpaired) electrons.